The van der Waals surface area contributed by atoms with Crippen LogP contribution in [0, 0.1) is 13.8 Å². The summed E-state index contributed by atoms with van der Waals surface area (Å²) >= 11 is 0. The van der Waals surface area contributed by atoms with Crippen molar-refractivity contribution in [2.24, 2.45) is 0 Å². The molecule has 1 atom stereocenters. The topological polar surface area (TPSA) is 39.7 Å². The number of fused-ring (bicyclic) bond motifs is 1. The molecule has 1 N–H and O–H groups in total. The number of rotatable bonds is 1. The zero-order chi connectivity index (χ0) is 11.8. The van der Waals surface area contributed by atoms with Crippen molar-refractivity contribution in [3.8, 4) is 11.5 Å². The van der Waals surface area contributed by atoms with Crippen LogP contribution >= 0.6 is 0 Å². The smallest absolute Gasteiger partial charge is 0.231 e. The molecule has 0 aliphatic carbocycles. The molecule has 0 saturated carbocycles. The number of ether oxygens (including phenoxy) is 3. The minimum atomic E-state index is 0.0686. The van der Waals surface area contributed by atoms with Crippen LogP contribution in [0.4, 0.5) is 0 Å². The van der Waals surface area contributed by atoms with Gasteiger partial charge in [0.25, 0.3) is 0 Å². The summed E-state index contributed by atoms with van der Waals surface area (Å²) in [7, 11) is 0. The summed E-state index contributed by atoms with van der Waals surface area (Å²) in [6, 6.07) is 2.04. The van der Waals surface area contributed by atoms with Gasteiger partial charge in [-0.2, -0.15) is 0 Å². The molecule has 92 valence electrons. The Bertz CT molecular complexity index is 439. The maximum Gasteiger partial charge on any atom is 0.231 e. The third kappa shape index (κ3) is 1.77. The van der Waals surface area contributed by atoms with Gasteiger partial charge in [-0.25, -0.2) is 0 Å². The van der Waals surface area contributed by atoms with Gasteiger partial charge in [-0.05, 0) is 31.0 Å². The van der Waals surface area contributed by atoms with Crippen LogP contribution in [0.5, 0.6) is 11.5 Å². The summed E-state index contributed by atoms with van der Waals surface area (Å²) in [5.74, 6) is 1.71. The van der Waals surface area contributed by atoms with E-state index >= 15 is 0 Å². The molecule has 2 aliphatic rings. The molecular weight excluding hydrogens is 218 g/mol. The second-order valence-corrected chi connectivity index (χ2v) is 4.53. The molecule has 0 spiro atoms. The molecule has 0 bridgehead atoms. The third-order valence-corrected chi connectivity index (χ3v) is 3.48. The molecule has 1 saturated heterocycles. The van der Waals surface area contributed by atoms with Gasteiger partial charge in [0.1, 0.15) is 0 Å². The highest BCUT2D eigenvalue weighted by molar-refractivity contribution is 5.56. The first-order valence-corrected chi connectivity index (χ1v) is 5.99. The molecule has 1 aromatic carbocycles. The average Bonchev–Trinajstić information content (AvgIpc) is 2.79. The Kier molecular flexibility index (Phi) is 2.68. The van der Waals surface area contributed by atoms with Crippen molar-refractivity contribution < 1.29 is 14.2 Å². The van der Waals surface area contributed by atoms with Crippen molar-refractivity contribution in [1.29, 1.82) is 0 Å². The van der Waals surface area contributed by atoms with Crippen LogP contribution in [0.25, 0.3) is 0 Å². The number of aryl methyl sites for hydroxylation is 1. The van der Waals surface area contributed by atoms with E-state index in [0.717, 1.165) is 36.8 Å². The predicted octanol–water partition coefficient (Wildman–Crippen LogP) is 1.69. The fourth-order valence-electron chi connectivity index (χ4n) is 2.43. The molecule has 1 aromatic rings. The van der Waals surface area contributed by atoms with E-state index in [0.29, 0.717) is 6.79 Å². The summed E-state index contributed by atoms with van der Waals surface area (Å²) in [6.45, 7) is 7.02. The van der Waals surface area contributed by atoms with Crippen LogP contribution in [0.15, 0.2) is 6.07 Å². The molecule has 2 aliphatic heterocycles. The van der Waals surface area contributed by atoms with Crippen molar-refractivity contribution in [3.05, 3.63) is 22.8 Å². The van der Waals surface area contributed by atoms with Crippen LogP contribution in [-0.4, -0.2) is 26.5 Å². The summed E-state index contributed by atoms with van der Waals surface area (Å²) in [4.78, 5) is 0. The molecule has 1 unspecified atom stereocenters. The van der Waals surface area contributed by atoms with Gasteiger partial charge in [0.15, 0.2) is 11.5 Å². The third-order valence-electron chi connectivity index (χ3n) is 3.48. The molecule has 4 nitrogen and oxygen atoms in total. The van der Waals surface area contributed by atoms with Crippen LogP contribution in [-0.2, 0) is 4.74 Å². The molecule has 2 heterocycles. The largest absolute Gasteiger partial charge is 0.454 e. The second-order valence-electron chi connectivity index (χ2n) is 4.53. The quantitative estimate of drug-likeness (QED) is 0.804. The molecule has 1 fully saturated rings. The fraction of sp³-hybridized carbons (Fsp3) is 0.538. The van der Waals surface area contributed by atoms with E-state index < -0.39 is 0 Å². The first kappa shape index (κ1) is 10.9. The second kappa shape index (κ2) is 4.20. The Hall–Kier alpha value is -1.26. The zero-order valence-corrected chi connectivity index (χ0v) is 10.2. The minimum absolute atomic E-state index is 0.0686. The SMILES string of the molecule is Cc1cc2c(c(C3CNCCO3)c1C)OCO2. The lowest BCUT2D eigenvalue weighted by molar-refractivity contribution is 0.0255. The maximum absolute atomic E-state index is 5.83. The summed E-state index contributed by atoms with van der Waals surface area (Å²) < 4.78 is 16.9. The molecular formula is C13H17NO3. The van der Waals surface area contributed by atoms with Gasteiger partial charge in [0.2, 0.25) is 6.79 Å². The van der Waals surface area contributed by atoms with E-state index in [1.165, 1.54) is 11.1 Å². The van der Waals surface area contributed by atoms with Gasteiger partial charge in [-0.1, -0.05) is 0 Å². The summed E-state index contributed by atoms with van der Waals surface area (Å²) in [5, 5.41) is 3.35. The van der Waals surface area contributed by atoms with Crippen molar-refractivity contribution in [3.63, 3.8) is 0 Å². The number of nitrogens with one attached hydrogen (secondary N) is 1. The van der Waals surface area contributed by atoms with Crippen LogP contribution < -0.4 is 14.8 Å². The highest BCUT2D eigenvalue weighted by atomic mass is 16.7. The van der Waals surface area contributed by atoms with Crippen molar-refractivity contribution in [1.82, 2.24) is 5.32 Å². The van der Waals surface area contributed by atoms with Crippen molar-refractivity contribution in [2.75, 3.05) is 26.5 Å². The minimum Gasteiger partial charge on any atom is -0.454 e. The van der Waals surface area contributed by atoms with Gasteiger partial charge in [-0.15, -0.1) is 0 Å². The van der Waals surface area contributed by atoms with E-state index in [1.54, 1.807) is 0 Å². The molecule has 0 aromatic heterocycles. The van der Waals surface area contributed by atoms with Gasteiger partial charge >= 0.3 is 0 Å². The monoisotopic (exact) mass is 235 g/mol. The maximum atomic E-state index is 5.83. The normalized spacial score (nSPS) is 22.8. The van der Waals surface area contributed by atoms with E-state index in [9.17, 15) is 0 Å². The molecule has 17 heavy (non-hydrogen) atoms. The molecule has 4 heteroatoms. The first-order chi connectivity index (χ1) is 8.27. The number of benzene rings is 1. The number of morpholine rings is 1. The highest BCUT2D eigenvalue weighted by Crippen LogP contribution is 2.43. The Balaban J connectivity index is 2.07. The van der Waals surface area contributed by atoms with Gasteiger partial charge in [-0.3, -0.25) is 0 Å². The van der Waals surface area contributed by atoms with Crippen LogP contribution in [0.1, 0.15) is 22.8 Å². The Morgan fingerprint density at radius 3 is 2.94 bits per heavy atom. The highest BCUT2D eigenvalue weighted by Gasteiger charge is 2.28. The van der Waals surface area contributed by atoms with Crippen molar-refractivity contribution in [2.45, 2.75) is 20.0 Å². The van der Waals surface area contributed by atoms with Gasteiger partial charge < -0.3 is 19.5 Å². The van der Waals surface area contributed by atoms with Gasteiger partial charge in [0, 0.05) is 18.7 Å². The lowest BCUT2D eigenvalue weighted by Crippen LogP contribution is -2.33. The van der Waals surface area contributed by atoms with Crippen LogP contribution in [0.3, 0.4) is 0 Å². The zero-order valence-electron chi connectivity index (χ0n) is 10.2. The lowest BCUT2D eigenvalue weighted by atomic mass is 9.96. The molecule has 0 radical (unpaired) electrons. The standard InChI is InChI=1S/C13H17NO3/c1-8-5-10-13(17-7-16-10)12(9(8)2)11-6-14-3-4-15-11/h5,11,14H,3-4,6-7H2,1-2H3. The summed E-state index contributed by atoms with van der Waals surface area (Å²) in [5.41, 5.74) is 3.60. The van der Waals surface area contributed by atoms with E-state index in [1.807, 2.05) is 6.07 Å². The Labute approximate surface area is 101 Å². The van der Waals surface area contributed by atoms with E-state index in [2.05, 4.69) is 19.2 Å². The van der Waals surface area contributed by atoms with Gasteiger partial charge in [0.05, 0.1) is 12.7 Å². The van der Waals surface area contributed by atoms with Crippen LogP contribution in [0.2, 0.25) is 0 Å². The van der Waals surface area contributed by atoms with E-state index in [4.69, 9.17) is 14.2 Å². The fourth-order valence-corrected chi connectivity index (χ4v) is 2.43. The Morgan fingerprint density at radius 2 is 2.18 bits per heavy atom. The molecule has 0 amide bonds. The molecule has 3 rings (SSSR count). The first-order valence-electron chi connectivity index (χ1n) is 5.99. The van der Waals surface area contributed by atoms with E-state index in [-0.39, 0.29) is 6.10 Å². The Morgan fingerprint density at radius 1 is 1.29 bits per heavy atom. The average molecular weight is 235 g/mol. The number of hydrogen-bond donors (Lipinski definition) is 1. The van der Waals surface area contributed by atoms with Crippen molar-refractivity contribution >= 4 is 0 Å². The number of hydrogen-bond acceptors (Lipinski definition) is 4. The lowest BCUT2D eigenvalue weighted by Gasteiger charge is -2.26. The summed E-state index contributed by atoms with van der Waals surface area (Å²) in [6.07, 6.45) is 0.0686. The predicted molar refractivity (Wildman–Crippen MR) is 63.6 cm³/mol.